The van der Waals surface area contributed by atoms with E-state index in [4.69, 9.17) is 21.1 Å². The number of amides is 2. The molecule has 0 spiro atoms. The van der Waals surface area contributed by atoms with Gasteiger partial charge >= 0.3 is 0 Å². The summed E-state index contributed by atoms with van der Waals surface area (Å²) in [6.07, 6.45) is 10.6. The fourth-order valence-corrected chi connectivity index (χ4v) is 5.59. The number of fused-ring (bicyclic) bond motifs is 1. The number of carbonyl (C=O) groups is 2. The first-order valence-electron chi connectivity index (χ1n) is 13.9. The van der Waals surface area contributed by atoms with Crippen LogP contribution in [0.3, 0.4) is 0 Å². The first kappa shape index (κ1) is 28.2. The van der Waals surface area contributed by atoms with Crippen LogP contribution in [-0.2, 0) is 27.2 Å². The second-order valence-electron chi connectivity index (χ2n) is 10.2. The number of unbranched alkanes of at least 4 members (excludes halogenated alkanes) is 2. The maximum absolute atomic E-state index is 13.2. The van der Waals surface area contributed by atoms with Gasteiger partial charge in [0.25, 0.3) is 5.91 Å². The summed E-state index contributed by atoms with van der Waals surface area (Å²) in [4.78, 5) is 26.9. The van der Waals surface area contributed by atoms with Crippen molar-refractivity contribution in [1.82, 2.24) is 4.90 Å². The van der Waals surface area contributed by atoms with Gasteiger partial charge in [0.15, 0.2) is 12.4 Å². The highest BCUT2D eigenvalue weighted by Gasteiger charge is 2.25. The molecule has 2 aromatic carbocycles. The second-order valence-corrected chi connectivity index (χ2v) is 10.7. The van der Waals surface area contributed by atoms with Gasteiger partial charge in [-0.1, -0.05) is 55.5 Å². The third kappa shape index (κ3) is 8.11. The van der Waals surface area contributed by atoms with Crippen molar-refractivity contribution in [2.75, 3.05) is 31.7 Å². The van der Waals surface area contributed by atoms with Crippen LogP contribution < -0.4 is 10.1 Å². The molecule has 1 fully saturated rings. The molecule has 206 valence electrons. The summed E-state index contributed by atoms with van der Waals surface area (Å²) in [5.41, 5.74) is 2.48. The number of rotatable bonds is 13. The third-order valence-corrected chi connectivity index (χ3v) is 7.63. The van der Waals surface area contributed by atoms with E-state index in [0.29, 0.717) is 37.1 Å². The first-order chi connectivity index (χ1) is 18.5. The van der Waals surface area contributed by atoms with Gasteiger partial charge in [-0.2, -0.15) is 0 Å². The smallest absolute Gasteiger partial charge is 0.262 e. The van der Waals surface area contributed by atoms with Crippen LogP contribution in [0.2, 0.25) is 5.02 Å². The summed E-state index contributed by atoms with van der Waals surface area (Å²) in [5, 5.41) is 13.5. The standard InChI is InChI=1S/C30H39ClN2O5/c31-24-10-7-8-22(20-24)15-18-37-19-16-28(36)33(25-11-4-1-5-12-25)17-6-2-3-9-23-13-14-26(34)29-30(23)38-21-27(35)32-29/h7-8,10,13-14,20,25,34H,1-6,9,11-12,15-19,21H2,(H,32,35). The van der Waals surface area contributed by atoms with Crippen LogP contribution >= 0.6 is 11.6 Å². The molecule has 38 heavy (non-hydrogen) atoms. The molecule has 0 radical (unpaired) electrons. The third-order valence-electron chi connectivity index (χ3n) is 7.39. The Balaban J connectivity index is 1.21. The van der Waals surface area contributed by atoms with Gasteiger partial charge in [0, 0.05) is 17.6 Å². The molecule has 2 aromatic rings. The number of hydrogen-bond acceptors (Lipinski definition) is 5. The molecule has 8 heteroatoms. The Morgan fingerprint density at radius 1 is 1.08 bits per heavy atom. The fraction of sp³-hybridized carbons (Fsp3) is 0.533. The van der Waals surface area contributed by atoms with Crippen LogP contribution in [0.4, 0.5) is 5.69 Å². The molecule has 2 N–H and O–H groups in total. The number of halogens is 1. The molecule has 1 heterocycles. The zero-order valence-electron chi connectivity index (χ0n) is 22.1. The van der Waals surface area contributed by atoms with Crippen LogP contribution in [0, 0.1) is 0 Å². The summed E-state index contributed by atoms with van der Waals surface area (Å²) < 4.78 is 11.4. The molecule has 1 aliphatic heterocycles. The Bertz CT molecular complexity index is 1090. The SMILES string of the molecule is O=C1COc2c(CCCCCN(C(=O)CCOCCc3cccc(Cl)c3)C3CCCCC3)ccc(O)c2N1. The highest BCUT2D eigenvalue weighted by atomic mass is 35.5. The quantitative estimate of drug-likeness (QED) is 0.243. The Kier molecular flexibility index (Phi) is 10.7. The maximum Gasteiger partial charge on any atom is 0.262 e. The number of phenolic OH excluding ortho intramolecular Hbond substituents is 1. The zero-order valence-corrected chi connectivity index (χ0v) is 22.8. The average molecular weight is 543 g/mol. The van der Waals surface area contributed by atoms with Crippen molar-refractivity contribution in [2.24, 2.45) is 0 Å². The Labute approximate surface area is 230 Å². The van der Waals surface area contributed by atoms with Gasteiger partial charge in [-0.25, -0.2) is 0 Å². The first-order valence-corrected chi connectivity index (χ1v) is 14.3. The number of aryl methyl sites for hydroxylation is 1. The van der Waals surface area contributed by atoms with E-state index in [-0.39, 0.29) is 24.2 Å². The number of ether oxygens (including phenoxy) is 2. The highest BCUT2D eigenvalue weighted by molar-refractivity contribution is 6.30. The molecule has 0 atom stereocenters. The van der Waals surface area contributed by atoms with E-state index < -0.39 is 0 Å². The van der Waals surface area contributed by atoms with Gasteiger partial charge in [0.2, 0.25) is 5.91 Å². The van der Waals surface area contributed by atoms with Crippen LogP contribution in [0.15, 0.2) is 36.4 Å². The van der Waals surface area contributed by atoms with Crippen molar-refractivity contribution in [1.29, 1.82) is 0 Å². The number of aromatic hydroxyl groups is 1. The maximum atomic E-state index is 13.2. The minimum absolute atomic E-state index is 0.0203. The lowest BCUT2D eigenvalue weighted by Crippen LogP contribution is -2.42. The minimum Gasteiger partial charge on any atom is -0.506 e. The van der Waals surface area contributed by atoms with E-state index >= 15 is 0 Å². The Hall–Kier alpha value is -2.77. The van der Waals surface area contributed by atoms with Crippen molar-refractivity contribution in [3.63, 3.8) is 0 Å². The lowest BCUT2D eigenvalue weighted by atomic mass is 9.93. The van der Waals surface area contributed by atoms with Crippen molar-refractivity contribution in [3.8, 4) is 11.5 Å². The molecule has 0 aromatic heterocycles. The number of anilines is 1. The monoisotopic (exact) mass is 542 g/mol. The summed E-state index contributed by atoms with van der Waals surface area (Å²) >= 11 is 6.05. The number of nitrogens with one attached hydrogen (secondary N) is 1. The summed E-state index contributed by atoms with van der Waals surface area (Å²) in [5.74, 6) is 0.520. The molecule has 7 nitrogen and oxygen atoms in total. The minimum atomic E-state index is -0.260. The molecule has 1 saturated carbocycles. The Morgan fingerprint density at radius 3 is 2.74 bits per heavy atom. The van der Waals surface area contributed by atoms with E-state index in [9.17, 15) is 14.7 Å². The Morgan fingerprint density at radius 2 is 1.92 bits per heavy atom. The van der Waals surface area contributed by atoms with Crippen LogP contribution in [-0.4, -0.2) is 54.2 Å². The zero-order chi connectivity index (χ0) is 26.7. The van der Waals surface area contributed by atoms with E-state index in [0.717, 1.165) is 67.6 Å². The van der Waals surface area contributed by atoms with Crippen molar-refractivity contribution in [3.05, 3.63) is 52.5 Å². The molecule has 2 aliphatic rings. The summed E-state index contributed by atoms with van der Waals surface area (Å²) in [6.45, 7) is 1.75. The van der Waals surface area contributed by atoms with Crippen molar-refractivity contribution < 1.29 is 24.2 Å². The van der Waals surface area contributed by atoms with Crippen LogP contribution in [0.25, 0.3) is 0 Å². The van der Waals surface area contributed by atoms with E-state index in [2.05, 4.69) is 10.2 Å². The summed E-state index contributed by atoms with van der Waals surface area (Å²) in [6, 6.07) is 11.6. The number of phenols is 1. The van der Waals surface area contributed by atoms with Gasteiger partial charge in [-0.3, -0.25) is 9.59 Å². The molecule has 0 unspecified atom stereocenters. The fourth-order valence-electron chi connectivity index (χ4n) is 5.38. The number of carbonyl (C=O) groups excluding carboxylic acids is 2. The molecular formula is C30H39ClN2O5. The molecule has 0 bridgehead atoms. The lowest BCUT2D eigenvalue weighted by molar-refractivity contribution is -0.135. The predicted molar refractivity (Wildman–Crippen MR) is 149 cm³/mol. The number of benzene rings is 2. The van der Waals surface area contributed by atoms with Gasteiger partial charge in [-0.05, 0) is 67.9 Å². The highest BCUT2D eigenvalue weighted by Crippen LogP contribution is 2.39. The largest absolute Gasteiger partial charge is 0.506 e. The number of nitrogens with zero attached hydrogens (tertiary/aromatic N) is 1. The molecule has 1 aliphatic carbocycles. The van der Waals surface area contributed by atoms with Crippen molar-refractivity contribution >= 4 is 29.1 Å². The van der Waals surface area contributed by atoms with Gasteiger partial charge < -0.3 is 24.8 Å². The molecule has 4 rings (SSSR count). The topological polar surface area (TPSA) is 88.1 Å². The molecular weight excluding hydrogens is 504 g/mol. The molecule has 2 amide bonds. The van der Waals surface area contributed by atoms with Crippen LogP contribution in [0.5, 0.6) is 11.5 Å². The van der Waals surface area contributed by atoms with E-state index in [1.54, 1.807) is 6.07 Å². The summed E-state index contributed by atoms with van der Waals surface area (Å²) in [7, 11) is 0. The molecule has 0 saturated heterocycles. The van der Waals surface area contributed by atoms with Crippen molar-refractivity contribution in [2.45, 2.75) is 76.7 Å². The average Bonchev–Trinajstić information content (AvgIpc) is 2.92. The van der Waals surface area contributed by atoms with Gasteiger partial charge in [-0.15, -0.1) is 0 Å². The second kappa shape index (κ2) is 14.4. The van der Waals surface area contributed by atoms with E-state index in [1.165, 1.54) is 19.3 Å². The van der Waals surface area contributed by atoms with Gasteiger partial charge in [0.1, 0.15) is 11.4 Å². The predicted octanol–water partition coefficient (Wildman–Crippen LogP) is 5.90. The van der Waals surface area contributed by atoms with Crippen LogP contribution in [0.1, 0.15) is 68.9 Å². The normalized spacial score (nSPS) is 15.4. The number of hydrogen-bond donors (Lipinski definition) is 2. The van der Waals surface area contributed by atoms with E-state index in [1.807, 2.05) is 30.3 Å². The lowest BCUT2D eigenvalue weighted by Gasteiger charge is -2.34. The van der Waals surface area contributed by atoms with Gasteiger partial charge in [0.05, 0.1) is 19.6 Å².